The fourth-order valence-corrected chi connectivity index (χ4v) is 1.39. The van der Waals surface area contributed by atoms with E-state index in [2.05, 4.69) is 4.98 Å². The highest BCUT2D eigenvalue weighted by atomic mass is 19.4. The van der Waals surface area contributed by atoms with E-state index in [-0.39, 0.29) is 10.9 Å². The molecule has 0 spiro atoms. The zero-order chi connectivity index (χ0) is 11.1. The third-order valence-corrected chi connectivity index (χ3v) is 2.03. The SMILES string of the molecule is Fc1ccc(C(F)(F)F)c2cccnc12. The van der Waals surface area contributed by atoms with Crippen molar-refractivity contribution in [2.75, 3.05) is 0 Å². The van der Waals surface area contributed by atoms with Crippen LogP contribution in [0.1, 0.15) is 5.56 Å². The summed E-state index contributed by atoms with van der Waals surface area (Å²) in [4.78, 5) is 3.58. The lowest BCUT2D eigenvalue weighted by Gasteiger charge is -2.09. The van der Waals surface area contributed by atoms with Crippen LogP contribution >= 0.6 is 0 Å². The number of halogens is 4. The number of nitrogens with zero attached hydrogens (tertiary/aromatic N) is 1. The Morgan fingerprint density at radius 1 is 1.07 bits per heavy atom. The van der Waals surface area contributed by atoms with Crippen LogP contribution < -0.4 is 0 Å². The largest absolute Gasteiger partial charge is 0.417 e. The average molecular weight is 215 g/mol. The van der Waals surface area contributed by atoms with Crippen LogP contribution in [0, 0.1) is 5.82 Å². The molecule has 0 saturated heterocycles. The molecule has 1 nitrogen and oxygen atoms in total. The number of rotatable bonds is 0. The van der Waals surface area contributed by atoms with E-state index in [0.29, 0.717) is 0 Å². The Hall–Kier alpha value is -1.65. The summed E-state index contributed by atoms with van der Waals surface area (Å²) in [6, 6.07) is 4.04. The van der Waals surface area contributed by atoms with Crippen molar-refractivity contribution in [2.45, 2.75) is 6.18 Å². The molecule has 1 aromatic carbocycles. The highest BCUT2D eigenvalue weighted by Gasteiger charge is 2.33. The molecule has 1 aromatic heterocycles. The predicted octanol–water partition coefficient (Wildman–Crippen LogP) is 3.39. The number of pyridine rings is 1. The van der Waals surface area contributed by atoms with Gasteiger partial charge < -0.3 is 0 Å². The first-order valence-electron chi connectivity index (χ1n) is 4.10. The Morgan fingerprint density at radius 2 is 1.80 bits per heavy atom. The normalized spacial score (nSPS) is 12.0. The number of alkyl halides is 3. The lowest BCUT2D eigenvalue weighted by Crippen LogP contribution is -2.06. The molecular weight excluding hydrogens is 210 g/mol. The van der Waals surface area contributed by atoms with Crippen LogP contribution in [0.3, 0.4) is 0 Å². The van der Waals surface area contributed by atoms with Gasteiger partial charge in [-0.2, -0.15) is 13.2 Å². The molecule has 0 atom stereocenters. The highest BCUT2D eigenvalue weighted by Crippen LogP contribution is 2.34. The predicted molar refractivity (Wildman–Crippen MR) is 46.7 cm³/mol. The molecule has 2 aromatic rings. The van der Waals surface area contributed by atoms with Crippen LogP contribution in [0.4, 0.5) is 17.6 Å². The smallest absolute Gasteiger partial charge is 0.253 e. The summed E-state index contributed by atoms with van der Waals surface area (Å²) in [5.74, 6) is -0.751. The number of hydrogen-bond donors (Lipinski definition) is 0. The standard InChI is InChI=1S/C10H5F4N/c11-8-4-3-7(10(12,13)14)6-2-1-5-15-9(6)8/h1-5H. The molecule has 0 aliphatic rings. The first kappa shape index (κ1) is 9.89. The minimum absolute atomic E-state index is 0.218. The van der Waals surface area contributed by atoms with Crippen LogP contribution in [0.15, 0.2) is 30.5 Å². The van der Waals surface area contributed by atoms with Crippen molar-refractivity contribution in [2.24, 2.45) is 0 Å². The molecule has 0 amide bonds. The summed E-state index contributed by atoms with van der Waals surface area (Å²) in [5.41, 5.74) is -1.13. The third kappa shape index (κ3) is 1.65. The number of aromatic nitrogens is 1. The van der Waals surface area contributed by atoms with E-state index in [0.717, 1.165) is 12.1 Å². The van der Waals surface area contributed by atoms with E-state index in [1.165, 1.54) is 18.3 Å². The fourth-order valence-electron chi connectivity index (χ4n) is 1.39. The number of hydrogen-bond acceptors (Lipinski definition) is 1. The van der Waals surface area contributed by atoms with Gasteiger partial charge in [-0.15, -0.1) is 0 Å². The van der Waals surface area contributed by atoms with Gasteiger partial charge in [0.15, 0.2) is 0 Å². The second-order valence-corrected chi connectivity index (χ2v) is 2.99. The lowest BCUT2D eigenvalue weighted by atomic mass is 10.1. The number of benzene rings is 1. The average Bonchev–Trinajstić information content (AvgIpc) is 2.17. The van der Waals surface area contributed by atoms with Crippen molar-refractivity contribution in [1.82, 2.24) is 4.98 Å². The molecule has 0 saturated carbocycles. The van der Waals surface area contributed by atoms with E-state index in [4.69, 9.17) is 0 Å². The minimum atomic E-state index is -4.49. The maximum absolute atomic E-state index is 13.1. The van der Waals surface area contributed by atoms with Crippen molar-refractivity contribution in [1.29, 1.82) is 0 Å². The Kier molecular flexibility index (Phi) is 2.10. The van der Waals surface area contributed by atoms with Crippen LogP contribution in [0.2, 0.25) is 0 Å². The van der Waals surface area contributed by atoms with Crippen LogP contribution in [0.25, 0.3) is 10.9 Å². The van der Waals surface area contributed by atoms with Gasteiger partial charge in [-0.25, -0.2) is 4.39 Å². The van der Waals surface area contributed by atoms with Crippen LogP contribution in [-0.4, -0.2) is 4.98 Å². The Labute approximate surface area is 82.4 Å². The summed E-state index contributed by atoms with van der Waals surface area (Å²) in [6.45, 7) is 0. The molecule has 0 aliphatic carbocycles. The first-order chi connectivity index (χ1) is 7.00. The summed E-state index contributed by atoms with van der Waals surface area (Å²) in [6.07, 6.45) is -3.24. The molecule has 0 bridgehead atoms. The molecule has 1 heterocycles. The summed E-state index contributed by atoms with van der Waals surface area (Å²) in [5, 5.41) is -0.218. The van der Waals surface area contributed by atoms with E-state index < -0.39 is 17.6 Å². The van der Waals surface area contributed by atoms with Gasteiger partial charge >= 0.3 is 6.18 Å². The quantitative estimate of drug-likeness (QED) is 0.614. The molecule has 0 unspecified atom stereocenters. The van der Waals surface area contributed by atoms with Gasteiger partial charge in [-0.05, 0) is 18.2 Å². The van der Waals surface area contributed by atoms with Crippen molar-refractivity contribution < 1.29 is 17.6 Å². The van der Waals surface area contributed by atoms with Gasteiger partial charge in [0.1, 0.15) is 11.3 Å². The molecule has 78 valence electrons. The molecule has 0 aliphatic heterocycles. The zero-order valence-corrected chi connectivity index (χ0v) is 7.35. The van der Waals surface area contributed by atoms with Gasteiger partial charge in [0.2, 0.25) is 0 Å². The van der Waals surface area contributed by atoms with E-state index in [9.17, 15) is 17.6 Å². The van der Waals surface area contributed by atoms with Gasteiger partial charge in [-0.3, -0.25) is 4.98 Å². The molecule has 0 radical (unpaired) electrons. The van der Waals surface area contributed by atoms with Gasteiger partial charge in [0.25, 0.3) is 0 Å². The van der Waals surface area contributed by atoms with Crippen molar-refractivity contribution in [3.8, 4) is 0 Å². The van der Waals surface area contributed by atoms with Crippen LogP contribution in [-0.2, 0) is 6.18 Å². The molecule has 0 fully saturated rings. The molecule has 2 rings (SSSR count). The lowest BCUT2D eigenvalue weighted by molar-refractivity contribution is -0.136. The van der Waals surface area contributed by atoms with Crippen LogP contribution in [0.5, 0.6) is 0 Å². The summed E-state index contributed by atoms with van der Waals surface area (Å²) in [7, 11) is 0. The highest BCUT2D eigenvalue weighted by molar-refractivity contribution is 5.83. The second-order valence-electron chi connectivity index (χ2n) is 2.99. The monoisotopic (exact) mass is 215 g/mol. The summed E-state index contributed by atoms with van der Waals surface area (Å²) >= 11 is 0. The van der Waals surface area contributed by atoms with Gasteiger partial charge in [0.05, 0.1) is 5.56 Å². The maximum Gasteiger partial charge on any atom is 0.417 e. The molecule has 5 heteroatoms. The fraction of sp³-hybridized carbons (Fsp3) is 0.100. The molecule has 0 N–H and O–H groups in total. The molecular formula is C10H5F4N. The first-order valence-corrected chi connectivity index (χ1v) is 4.10. The van der Waals surface area contributed by atoms with Crippen molar-refractivity contribution in [3.05, 3.63) is 41.8 Å². The van der Waals surface area contributed by atoms with Gasteiger partial charge in [0, 0.05) is 11.6 Å². The minimum Gasteiger partial charge on any atom is -0.253 e. The van der Waals surface area contributed by atoms with Gasteiger partial charge in [-0.1, -0.05) is 6.07 Å². The van der Waals surface area contributed by atoms with Crippen molar-refractivity contribution in [3.63, 3.8) is 0 Å². The van der Waals surface area contributed by atoms with E-state index >= 15 is 0 Å². The topological polar surface area (TPSA) is 12.9 Å². The third-order valence-electron chi connectivity index (χ3n) is 2.03. The number of fused-ring (bicyclic) bond motifs is 1. The van der Waals surface area contributed by atoms with E-state index in [1.807, 2.05) is 0 Å². The molecule has 15 heavy (non-hydrogen) atoms. The zero-order valence-electron chi connectivity index (χ0n) is 7.35. The van der Waals surface area contributed by atoms with Crippen molar-refractivity contribution >= 4 is 10.9 Å². The Morgan fingerprint density at radius 3 is 2.47 bits per heavy atom. The van der Waals surface area contributed by atoms with E-state index in [1.54, 1.807) is 0 Å². The second kappa shape index (κ2) is 3.18. The Balaban J connectivity index is 2.84. The summed E-state index contributed by atoms with van der Waals surface area (Å²) < 4.78 is 50.6. The Bertz CT molecular complexity index is 504. The maximum atomic E-state index is 13.1.